The summed E-state index contributed by atoms with van der Waals surface area (Å²) in [6.07, 6.45) is 1.82. The number of nitrogens with one attached hydrogen (secondary N) is 1. The third-order valence-corrected chi connectivity index (χ3v) is 7.14. The van der Waals surface area contributed by atoms with Crippen LogP contribution >= 0.6 is 0 Å². The van der Waals surface area contributed by atoms with Crippen LogP contribution in [-0.2, 0) is 9.53 Å². The van der Waals surface area contributed by atoms with Crippen molar-refractivity contribution >= 4 is 34.6 Å². The van der Waals surface area contributed by atoms with Crippen molar-refractivity contribution in [3.63, 3.8) is 0 Å². The van der Waals surface area contributed by atoms with Crippen LogP contribution in [0.15, 0.2) is 36.4 Å². The van der Waals surface area contributed by atoms with E-state index in [1.807, 2.05) is 26.1 Å². The van der Waals surface area contributed by atoms with Crippen LogP contribution in [0.25, 0.3) is 0 Å². The first-order chi connectivity index (χ1) is 16.0. The molecule has 4 heterocycles. The molecule has 3 aliphatic heterocycles. The number of likely N-dealkylation sites (N-methyl/N-ethyl adjacent to an activating group) is 2. The van der Waals surface area contributed by atoms with Gasteiger partial charge in [0.05, 0.1) is 5.69 Å². The number of benzene rings is 1. The molecule has 8 heteroatoms. The van der Waals surface area contributed by atoms with Gasteiger partial charge in [0.1, 0.15) is 11.9 Å². The Hall–Kier alpha value is -2.84. The molecular formula is C25H34N6O2. The molecule has 5 rings (SSSR count). The average Bonchev–Trinajstić information content (AvgIpc) is 2.84. The molecule has 33 heavy (non-hydrogen) atoms. The number of amides is 1. The highest BCUT2D eigenvalue weighted by Crippen LogP contribution is 2.38. The number of hydrogen-bond donors (Lipinski definition) is 1. The van der Waals surface area contributed by atoms with Crippen molar-refractivity contribution in [2.45, 2.75) is 31.8 Å². The van der Waals surface area contributed by atoms with Gasteiger partial charge in [0.15, 0.2) is 5.82 Å². The molecule has 0 aliphatic carbocycles. The zero-order chi connectivity index (χ0) is 22.9. The summed E-state index contributed by atoms with van der Waals surface area (Å²) in [7, 11) is 4.01. The number of anilines is 5. The molecule has 0 unspecified atom stereocenters. The fourth-order valence-electron chi connectivity index (χ4n) is 5.11. The Labute approximate surface area is 196 Å². The number of pyridine rings is 1. The summed E-state index contributed by atoms with van der Waals surface area (Å²) in [5.74, 6) is 1.77. The Kier molecular flexibility index (Phi) is 6.12. The monoisotopic (exact) mass is 450 g/mol. The maximum Gasteiger partial charge on any atom is 0.249 e. The van der Waals surface area contributed by atoms with Gasteiger partial charge in [-0.05, 0) is 57.1 Å². The minimum Gasteiger partial charge on any atom is -0.381 e. The topological polar surface area (TPSA) is 64.2 Å². The van der Waals surface area contributed by atoms with Crippen molar-refractivity contribution in [3.05, 3.63) is 36.4 Å². The molecule has 0 bridgehead atoms. The van der Waals surface area contributed by atoms with Crippen LogP contribution in [0.3, 0.4) is 0 Å². The maximum atomic E-state index is 12.9. The van der Waals surface area contributed by atoms with Crippen molar-refractivity contribution in [2.75, 3.05) is 73.5 Å². The third-order valence-electron chi connectivity index (χ3n) is 7.14. The van der Waals surface area contributed by atoms with E-state index in [1.165, 1.54) is 5.69 Å². The van der Waals surface area contributed by atoms with E-state index in [4.69, 9.17) is 9.72 Å². The van der Waals surface area contributed by atoms with Gasteiger partial charge >= 0.3 is 0 Å². The summed E-state index contributed by atoms with van der Waals surface area (Å²) >= 11 is 0. The zero-order valence-electron chi connectivity index (χ0n) is 19.8. The Morgan fingerprint density at radius 3 is 2.55 bits per heavy atom. The first kappa shape index (κ1) is 22.0. The summed E-state index contributed by atoms with van der Waals surface area (Å²) in [5, 5.41) is 3.50. The highest BCUT2D eigenvalue weighted by molar-refractivity contribution is 6.04. The largest absolute Gasteiger partial charge is 0.381 e. The summed E-state index contributed by atoms with van der Waals surface area (Å²) in [4.78, 5) is 26.7. The summed E-state index contributed by atoms with van der Waals surface area (Å²) in [5.41, 5.74) is 3.11. The van der Waals surface area contributed by atoms with Crippen molar-refractivity contribution in [2.24, 2.45) is 0 Å². The van der Waals surface area contributed by atoms with Crippen molar-refractivity contribution in [1.82, 2.24) is 9.88 Å². The lowest BCUT2D eigenvalue weighted by Crippen LogP contribution is -2.56. The van der Waals surface area contributed by atoms with E-state index in [9.17, 15) is 4.79 Å². The number of ether oxygens (including phenoxy) is 1. The Balaban J connectivity index is 1.41. The number of aromatic nitrogens is 1. The highest BCUT2D eigenvalue weighted by Gasteiger charge is 2.39. The van der Waals surface area contributed by atoms with Gasteiger partial charge in [0.2, 0.25) is 5.91 Å². The average molecular weight is 451 g/mol. The van der Waals surface area contributed by atoms with Crippen molar-refractivity contribution < 1.29 is 9.53 Å². The van der Waals surface area contributed by atoms with Gasteiger partial charge in [-0.25, -0.2) is 4.98 Å². The van der Waals surface area contributed by atoms with Crippen LogP contribution in [0, 0.1) is 0 Å². The first-order valence-electron chi connectivity index (χ1n) is 12.0. The second-order valence-electron chi connectivity index (χ2n) is 9.33. The number of piperazine rings is 1. The fraction of sp³-hybridized carbons (Fsp3) is 0.520. The fourth-order valence-corrected chi connectivity index (χ4v) is 5.11. The smallest absolute Gasteiger partial charge is 0.249 e. The zero-order valence-corrected chi connectivity index (χ0v) is 19.8. The number of hydrogen-bond acceptors (Lipinski definition) is 7. The van der Waals surface area contributed by atoms with Gasteiger partial charge < -0.3 is 29.7 Å². The molecule has 2 saturated heterocycles. The van der Waals surface area contributed by atoms with E-state index in [-0.39, 0.29) is 18.0 Å². The molecule has 1 atom stereocenters. The van der Waals surface area contributed by atoms with Crippen LogP contribution in [0.5, 0.6) is 0 Å². The van der Waals surface area contributed by atoms with Gasteiger partial charge in [0.25, 0.3) is 0 Å². The van der Waals surface area contributed by atoms with Gasteiger partial charge in [-0.3, -0.25) is 4.79 Å². The van der Waals surface area contributed by atoms with E-state index in [2.05, 4.69) is 51.3 Å². The second kappa shape index (κ2) is 9.19. The number of fused-ring (bicyclic) bond motifs is 1. The molecule has 0 saturated carbocycles. The van der Waals surface area contributed by atoms with Gasteiger partial charge in [-0.2, -0.15) is 0 Å². The molecule has 1 amide bonds. The predicted molar refractivity (Wildman–Crippen MR) is 133 cm³/mol. The second-order valence-corrected chi connectivity index (χ2v) is 9.33. The molecule has 8 nitrogen and oxygen atoms in total. The molecule has 3 aliphatic rings. The lowest BCUT2D eigenvalue weighted by molar-refractivity contribution is -0.119. The highest BCUT2D eigenvalue weighted by atomic mass is 16.5. The normalized spacial score (nSPS) is 22.5. The molecule has 2 fully saturated rings. The van der Waals surface area contributed by atoms with Crippen molar-refractivity contribution in [1.29, 1.82) is 0 Å². The minimum atomic E-state index is -0.242. The van der Waals surface area contributed by atoms with E-state index in [0.29, 0.717) is 0 Å². The molecule has 1 aromatic carbocycles. The minimum absolute atomic E-state index is 0.108. The lowest BCUT2D eigenvalue weighted by Gasteiger charge is -2.44. The number of carbonyl (C=O) groups excluding carboxylic acids is 1. The molecule has 1 aromatic heterocycles. The Morgan fingerprint density at radius 2 is 1.79 bits per heavy atom. The van der Waals surface area contributed by atoms with E-state index in [0.717, 1.165) is 75.2 Å². The molecular weight excluding hydrogens is 416 g/mol. The molecule has 0 spiro atoms. The molecule has 0 radical (unpaired) electrons. The predicted octanol–water partition coefficient (Wildman–Crippen LogP) is 2.93. The third kappa shape index (κ3) is 4.37. The number of nitrogens with zero attached hydrogens (tertiary/aromatic N) is 5. The Bertz CT molecular complexity index is 1000. The SMILES string of the molecule is C[C@@H]1C(=O)N(C)c2ccc(Nc3cccc(N4CCN(C)CC4)c3)nc2N1C1CCOCC1. The van der Waals surface area contributed by atoms with Crippen LogP contribution in [0.4, 0.5) is 28.7 Å². The standard InChI is InChI=1S/C25H34N6O2/c1-18-25(32)29(3)22-7-8-23(27-24(22)31(18)20-9-15-33-16-10-20)26-19-5-4-6-21(17-19)30-13-11-28(2)12-14-30/h4-8,17-18,20H,9-16H2,1-3H3,(H,26,27)/t18-/m1/s1. The quantitative estimate of drug-likeness (QED) is 0.768. The van der Waals surface area contributed by atoms with E-state index < -0.39 is 0 Å². The first-order valence-corrected chi connectivity index (χ1v) is 12.0. The molecule has 176 valence electrons. The van der Waals surface area contributed by atoms with E-state index >= 15 is 0 Å². The van der Waals surface area contributed by atoms with Gasteiger partial charge in [0, 0.05) is 63.9 Å². The molecule has 2 aromatic rings. The van der Waals surface area contributed by atoms with Crippen LogP contribution in [-0.4, -0.2) is 81.4 Å². The Morgan fingerprint density at radius 1 is 1.03 bits per heavy atom. The maximum absolute atomic E-state index is 12.9. The number of carbonyl (C=O) groups is 1. The van der Waals surface area contributed by atoms with Crippen LogP contribution in [0.1, 0.15) is 19.8 Å². The summed E-state index contributed by atoms with van der Waals surface area (Å²) in [6, 6.07) is 12.5. The number of rotatable bonds is 4. The lowest BCUT2D eigenvalue weighted by atomic mass is 10.0. The van der Waals surface area contributed by atoms with E-state index in [1.54, 1.807) is 4.90 Å². The van der Waals surface area contributed by atoms with Gasteiger partial charge in [-0.15, -0.1) is 0 Å². The van der Waals surface area contributed by atoms with Crippen LogP contribution < -0.4 is 20.0 Å². The van der Waals surface area contributed by atoms with Crippen LogP contribution in [0.2, 0.25) is 0 Å². The van der Waals surface area contributed by atoms with Gasteiger partial charge in [-0.1, -0.05) is 6.07 Å². The summed E-state index contributed by atoms with van der Waals surface area (Å²) in [6.45, 7) is 7.67. The molecule has 1 N–H and O–H groups in total. The summed E-state index contributed by atoms with van der Waals surface area (Å²) < 4.78 is 5.57. The van der Waals surface area contributed by atoms with Crippen molar-refractivity contribution in [3.8, 4) is 0 Å².